The van der Waals surface area contributed by atoms with Gasteiger partial charge in [-0.2, -0.15) is 23.5 Å². The van der Waals surface area contributed by atoms with Gasteiger partial charge in [0.15, 0.2) is 11.5 Å². The number of anilines is 2. The zero-order valence-electron chi connectivity index (χ0n) is 16.9. The van der Waals surface area contributed by atoms with Crippen molar-refractivity contribution < 1.29 is 18.0 Å². The number of amides is 1. The van der Waals surface area contributed by atoms with Crippen LogP contribution >= 0.6 is 0 Å². The fraction of sp³-hybridized carbons (Fsp3) is 0.400. The monoisotopic (exact) mass is 442 g/mol. The predicted molar refractivity (Wildman–Crippen MR) is 107 cm³/mol. The Morgan fingerprint density at radius 2 is 2.00 bits per heavy atom. The van der Waals surface area contributed by atoms with Crippen LogP contribution < -0.4 is 10.6 Å². The number of nitrogen functional groups attached to an aromatic ring is 1. The summed E-state index contributed by atoms with van der Waals surface area (Å²) >= 11 is 0. The number of rotatable bonds is 4. The van der Waals surface area contributed by atoms with E-state index in [1.807, 2.05) is 6.07 Å². The third kappa shape index (κ3) is 3.21. The molecule has 1 aliphatic heterocycles. The van der Waals surface area contributed by atoms with Crippen molar-refractivity contribution in [2.75, 3.05) is 10.6 Å². The van der Waals surface area contributed by atoms with Gasteiger partial charge in [-0.05, 0) is 31.9 Å². The molecule has 3 aromatic rings. The normalized spacial score (nSPS) is 18.3. The molecule has 5 rings (SSSR count). The van der Waals surface area contributed by atoms with Gasteiger partial charge in [0.1, 0.15) is 29.1 Å². The minimum absolute atomic E-state index is 0.0472. The Kier molecular flexibility index (Phi) is 4.34. The van der Waals surface area contributed by atoms with Crippen molar-refractivity contribution in [2.24, 2.45) is 0 Å². The topological polar surface area (TPSA) is 127 Å². The summed E-state index contributed by atoms with van der Waals surface area (Å²) < 4.78 is 39.6. The summed E-state index contributed by atoms with van der Waals surface area (Å²) in [5.41, 5.74) is 7.10. The molecule has 0 bridgehead atoms. The number of halogens is 3. The summed E-state index contributed by atoms with van der Waals surface area (Å²) in [6.07, 6.45) is -3.77. The number of nitrogens with two attached hydrogens (primary N) is 1. The molecule has 0 saturated heterocycles. The molecule has 0 radical (unpaired) electrons. The van der Waals surface area contributed by atoms with E-state index >= 15 is 0 Å². The Bertz CT molecular complexity index is 1300. The maximum atomic E-state index is 12.8. The maximum Gasteiger partial charge on any atom is 0.390 e. The highest BCUT2D eigenvalue weighted by Crippen LogP contribution is 2.45. The van der Waals surface area contributed by atoms with E-state index in [4.69, 9.17) is 11.0 Å². The van der Waals surface area contributed by atoms with Gasteiger partial charge in [0.05, 0.1) is 24.3 Å². The summed E-state index contributed by atoms with van der Waals surface area (Å²) in [6.45, 7) is 1.27. The number of carbonyl (C=O) groups is 1. The second-order valence-corrected chi connectivity index (χ2v) is 7.95. The number of nitriles is 1. The molecule has 164 valence electrons. The highest BCUT2D eigenvalue weighted by molar-refractivity contribution is 6.06. The molecule has 1 unspecified atom stereocenters. The fourth-order valence-corrected chi connectivity index (χ4v) is 3.97. The molecule has 9 nitrogen and oxygen atoms in total. The van der Waals surface area contributed by atoms with Crippen molar-refractivity contribution in [1.29, 1.82) is 5.26 Å². The predicted octanol–water partition coefficient (Wildman–Crippen LogP) is 2.91. The van der Waals surface area contributed by atoms with Crippen LogP contribution in [0.5, 0.6) is 0 Å². The van der Waals surface area contributed by atoms with Crippen LogP contribution in [0.15, 0.2) is 12.1 Å². The first-order valence-corrected chi connectivity index (χ1v) is 10.0. The van der Waals surface area contributed by atoms with E-state index in [1.54, 1.807) is 17.9 Å². The lowest BCUT2D eigenvalue weighted by Crippen LogP contribution is -2.30. The van der Waals surface area contributed by atoms with Gasteiger partial charge >= 0.3 is 6.18 Å². The first-order chi connectivity index (χ1) is 15.2. The van der Waals surface area contributed by atoms with E-state index in [1.165, 1.54) is 6.07 Å². The lowest BCUT2D eigenvalue weighted by Gasteiger charge is -2.16. The van der Waals surface area contributed by atoms with Gasteiger partial charge in [0, 0.05) is 11.6 Å². The molecule has 12 heteroatoms. The molecule has 4 heterocycles. The van der Waals surface area contributed by atoms with Crippen LogP contribution in [0.3, 0.4) is 0 Å². The van der Waals surface area contributed by atoms with Crippen molar-refractivity contribution in [3.05, 3.63) is 23.4 Å². The number of hydrogen-bond acceptors (Lipinski definition) is 7. The van der Waals surface area contributed by atoms with Crippen LogP contribution in [0.1, 0.15) is 43.4 Å². The molecule has 1 fully saturated rings. The summed E-state index contributed by atoms with van der Waals surface area (Å²) in [5.74, 6) is 0.0823. The lowest BCUT2D eigenvalue weighted by atomic mass is 10.1. The number of hydrogen-bond donors (Lipinski definition) is 1. The first kappa shape index (κ1) is 20.2. The van der Waals surface area contributed by atoms with Crippen molar-refractivity contribution >= 4 is 28.6 Å². The van der Waals surface area contributed by atoms with Crippen molar-refractivity contribution in [3.63, 3.8) is 0 Å². The summed E-state index contributed by atoms with van der Waals surface area (Å²) in [5, 5.41) is 13.8. The number of aryl methyl sites for hydroxylation is 1. The summed E-state index contributed by atoms with van der Waals surface area (Å²) in [6, 6.07) is 4.93. The molecular formula is C20H17F3N8O. The number of nitrogens with zero attached hydrogens (tertiary/aromatic N) is 7. The lowest BCUT2D eigenvalue weighted by molar-refractivity contribution is -0.137. The number of pyridine rings is 1. The van der Waals surface area contributed by atoms with Crippen LogP contribution in [0.25, 0.3) is 22.6 Å². The van der Waals surface area contributed by atoms with Gasteiger partial charge in [0.2, 0.25) is 5.91 Å². The van der Waals surface area contributed by atoms with Crippen molar-refractivity contribution in [1.82, 2.24) is 24.7 Å². The Labute approximate surface area is 179 Å². The highest BCUT2D eigenvalue weighted by atomic mass is 19.4. The van der Waals surface area contributed by atoms with Gasteiger partial charge in [-0.15, -0.1) is 0 Å². The van der Waals surface area contributed by atoms with E-state index in [9.17, 15) is 18.0 Å². The van der Waals surface area contributed by atoms with Crippen LogP contribution in [-0.2, 0) is 11.3 Å². The van der Waals surface area contributed by atoms with Crippen molar-refractivity contribution in [3.8, 4) is 17.6 Å². The molecular weight excluding hydrogens is 425 g/mol. The smallest absolute Gasteiger partial charge is 0.383 e. The van der Waals surface area contributed by atoms with Gasteiger partial charge in [-0.3, -0.25) is 9.69 Å². The average Bonchev–Trinajstić information content (AvgIpc) is 3.45. The van der Waals surface area contributed by atoms with Crippen molar-refractivity contribution in [2.45, 2.75) is 50.9 Å². The van der Waals surface area contributed by atoms with E-state index in [0.29, 0.717) is 16.8 Å². The average molecular weight is 442 g/mol. The SMILES string of the molecule is CC1C(=O)N(C2CC2)c2nc(-c3nn(CCC(F)(F)F)c4nc(C#N)ccc34)nc(N)c21. The number of fused-ring (bicyclic) bond motifs is 2. The van der Waals surface area contributed by atoms with Crippen LogP contribution in [0.2, 0.25) is 0 Å². The van der Waals surface area contributed by atoms with Crippen LogP contribution in [-0.4, -0.2) is 42.9 Å². The molecule has 0 aromatic carbocycles. The van der Waals surface area contributed by atoms with Gasteiger partial charge in [-0.1, -0.05) is 0 Å². The highest BCUT2D eigenvalue weighted by Gasteiger charge is 2.45. The molecule has 1 amide bonds. The molecule has 2 N–H and O–H groups in total. The molecule has 1 aliphatic carbocycles. The minimum Gasteiger partial charge on any atom is -0.383 e. The molecule has 1 saturated carbocycles. The van der Waals surface area contributed by atoms with E-state index in [-0.39, 0.29) is 40.6 Å². The molecule has 0 spiro atoms. The zero-order valence-corrected chi connectivity index (χ0v) is 16.9. The summed E-state index contributed by atoms with van der Waals surface area (Å²) in [7, 11) is 0. The number of aromatic nitrogens is 5. The zero-order chi connectivity index (χ0) is 22.8. The van der Waals surface area contributed by atoms with E-state index in [2.05, 4.69) is 20.1 Å². The van der Waals surface area contributed by atoms with Crippen LogP contribution in [0, 0.1) is 11.3 Å². The quantitative estimate of drug-likeness (QED) is 0.658. The minimum atomic E-state index is -4.39. The molecule has 2 aliphatic rings. The Hall–Kier alpha value is -3.75. The summed E-state index contributed by atoms with van der Waals surface area (Å²) in [4.78, 5) is 27.4. The van der Waals surface area contributed by atoms with Gasteiger partial charge in [0.25, 0.3) is 0 Å². The van der Waals surface area contributed by atoms with Gasteiger partial charge < -0.3 is 5.73 Å². The van der Waals surface area contributed by atoms with E-state index < -0.39 is 25.1 Å². The first-order valence-electron chi connectivity index (χ1n) is 10.0. The third-order valence-electron chi connectivity index (χ3n) is 5.66. The standard InChI is InChI=1S/C20H17F3N8O/c1-9-13-15(25)27-16(28-18(13)31(19(9)32)11-3-4-11)14-12-5-2-10(8-24)26-17(12)30(29-14)7-6-20(21,22)23/h2,5,9,11H,3-4,6-7H2,1H3,(H2,25,27,28). The van der Waals surface area contributed by atoms with Gasteiger partial charge in [-0.25, -0.2) is 19.6 Å². The second-order valence-electron chi connectivity index (χ2n) is 7.95. The largest absolute Gasteiger partial charge is 0.390 e. The van der Waals surface area contributed by atoms with E-state index in [0.717, 1.165) is 17.5 Å². The third-order valence-corrected chi connectivity index (χ3v) is 5.66. The number of carbonyl (C=O) groups excluding carboxylic acids is 1. The maximum absolute atomic E-state index is 12.8. The molecule has 1 atom stereocenters. The molecule has 3 aromatic heterocycles. The fourth-order valence-electron chi connectivity index (χ4n) is 3.97. The van der Waals surface area contributed by atoms with Crippen LogP contribution in [0.4, 0.5) is 24.8 Å². The molecule has 32 heavy (non-hydrogen) atoms. The Morgan fingerprint density at radius 3 is 2.66 bits per heavy atom. The second kappa shape index (κ2) is 6.88. The number of alkyl halides is 3. The Balaban J connectivity index is 1.66. The Morgan fingerprint density at radius 1 is 1.25 bits per heavy atom.